The van der Waals surface area contributed by atoms with E-state index in [4.69, 9.17) is 4.42 Å². The van der Waals surface area contributed by atoms with Crippen LogP contribution in [0, 0.1) is 0 Å². The van der Waals surface area contributed by atoms with Crippen LogP contribution in [0.4, 0.5) is 5.69 Å². The molecule has 32 heavy (non-hydrogen) atoms. The van der Waals surface area contributed by atoms with Crippen LogP contribution in [0.2, 0.25) is 0 Å². The van der Waals surface area contributed by atoms with Gasteiger partial charge in [0, 0.05) is 22.5 Å². The molecule has 0 spiro atoms. The van der Waals surface area contributed by atoms with Crippen LogP contribution in [0.3, 0.4) is 0 Å². The standard InChI is InChI=1S/C23H19BrN4O3S/c1-13(29)27-17-6-4-3-5-16(17)20-21(30)25-23(32-2)26-28(20)22(27)19-12-11-18(31-19)14-7-9-15(24)10-8-14/h3-12,20,22H,1-2H3,(H,25,26,30)/t20-,22+/m1/s1. The van der Waals surface area contributed by atoms with Crippen molar-refractivity contribution in [3.8, 4) is 11.3 Å². The number of hydrogen-bond donors (Lipinski definition) is 1. The van der Waals surface area contributed by atoms with Crippen molar-refractivity contribution in [2.75, 3.05) is 11.2 Å². The van der Waals surface area contributed by atoms with Crippen molar-refractivity contribution < 1.29 is 14.0 Å². The fourth-order valence-electron chi connectivity index (χ4n) is 4.10. The number of anilines is 1. The summed E-state index contributed by atoms with van der Waals surface area (Å²) < 4.78 is 7.21. The van der Waals surface area contributed by atoms with E-state index in [9.17, 15) is 9.59 Å². The molecule has 3 heterocycles. The van der Waals surface area contributed by atoms with Crippen molar-refractivity contribution in [2.45, 2.75) is 19.1 Å². The van der Waals surface area contributed by atoms with E-state index in [2.05, 4.69) is 26.3 Å². The second-order valence-corrected chi connectivity index (χ2v) is 9.12. The molecule has 3 aromatic rings. The first kappa shape index (κ1) is 20.8. The molecule has 1 N–H and O–H groups in total. The molecule has 0 aliphatic carbocycles. The number of benzene rings is 2. The predicted octanol–water partition coefficient (Wildman–Crippen LogP) is 4.88. The first-order valence-electron chi connectivity index (χ1n) is 9.94. The Hall–Kier alpha value is -3.04. The van der Waals surface area contributed by atoms with Gasteiger partial charge in [-0.1, -0.05) is 58.0 Å². The van der Waals surface area contributed by atoms with E-state index in [1.165, 1.54) is 18.7 Å². The van der Waals surface area contributed by atoms with Crippen LogP contribution in [0.15, 0.2) is 74.7 Å². The highest BCUT2D eigenvalue weighted by atomic mass is 79.9. The number of hydrogen-bond acceptors (Lipinski definition) is 6. The summed E-state index contributed by atoms with van der Waals surface area (Å²) in [6, 6.07) is 18.2. The second-order valence-electron chi connectivity index (χ2n) is 7.41. The number of nitrogens with one attached hydrogen (secondary N) is 1. The van der Waals surface area contributed by atoms with Gasteiger partial charge in [-0.05, 0) is 36.6 Å². The minimum atomic E-state index is -0.704. The van der Waals surface area contributed by atoms with Crippen LogP contribution >= 0.6 is 27.7 Å². The van der Waals surface area contributed by atoms with Gasteiger partial charge in [0.1, 0.15) is 11.5 Å². The third-order valence-electron chi connectivity index (χ3n) is 5.48. The number of carbonyl (C=O) groups excluding carboxylic acids is 2. The maximum Gasteiger partial charge on any atom is 0.255 e. The van der Waals surface area contributed by atoms with Crippen molar-refractivity contribution in [3.05, 3.63) is 76.5 Å². The zero-order valence-electron chi connectivity index (χ0n) is 17.3. The van der Waals surface area contributed by atoms with Crippen molar-refractivity contribution in [2.24, 2.45) is 5.10 Å². The molecular formula is C23H19BrN4O3S. The SMILES string of the molecule is CSC1=NN2[C@@H](C(=O)N1)c1ccccc1N(C(C)=O)[C@@H]2c1ccc(-c2ccc(Br)cc2)o1. The third-order valence-corrected chi connectivity index (χ3v) is 6.58. The van der Waals surface area contributed by atoms with Crippen LogP contribution in [0.5, 0.6) is 0 Å². The fraction of sp³-hybridized carbons (Fsp3) is 0.174. The molecule has 0 radical (unpaired) electrons. The van der Waals surface area contributed by atoms with Crippen molar-refractivity contribution in [1.82, 2.24) is 10.3 Å². The van der Waals surface area contributed by atoms with Gasteiger partial charge in [-0.2, -0.15) is 0 Å². The maximum absolute atomic E-state index is 13.1. The Morgan fingerprint density at radius 1 is 1.12 bits per heavy atom. The van der Waals surface area contributed by atoms with Crippen molar-refractivity contribution in [1.29, 1.82) is 0 Å². The normalized spacial score (nSPS) is 19.7. The highest BCUT2D eigenvalue weighted by Gasteiger charge is 2.47. The number of amidine groups is 1. The largest absolute Gasteiger partial charge is 0.457 e. The molecule has 2 atom stereocenters. The molecule has 9 heteroatoms. The van der Waals surface area contributed by atoms with E-state index in [0.29, 0.717) is 22.4 Å². The first-order valence-corrected chi connectivity index (χ1v) is 12.0. The number of para-hydroxylation sites is 1. The Morgan fingerprint density at radius 3 is 2.59 bits per heavy atom. The lowest BCUT2D eigenvalue weighted by atomic mass is 9.97. The molecule has 1 aromatic heterocycles. The van der Waals surface area contributed by atoms with Crippen LogP contribution < -0.4 is 10.2 Å². The Kier molecular flexibility index (Phi) is 5.30. The Labute approximate surface area is 197 Å². The molecule has 2 aromatic carbocycles. The van der Waals surface area contributed by atoms with E-state index in [-0.39, 0.29) is 11.8 Å². The Bertz CT molecular complexity index is 1240. The predicted molar refractivity (Wildman–Crippen MR) is 128 cm³/mol. The molecule has 7 nitrogen and oxygen atoms in total. The highest BCUT2D eigenvalue weighted by molar-refractivity contribution is 9.10. The quantitative estimate of drug-likeness (QED) is 0.531. The lowest BCUT2D eigenvalue weighted by Crippen LogP contribution is -2.55. The highest BCUT2D eigenvalue weighted by Crippen LogP contribution is 2.47. The van der Waals surface area contributed by atoms with E-state index >= 15 is 0 Å². The second kappa shape index (κ2) is 8.14. The third kappa shape index (κ3) is 3.41. The molecule has 0 bridgehead atoms. The average molecular weight is 511 g/mol. The molecule has 0 saturated heterocycles. The number of furan rings is 1. The number of rotatable bonds is 2. The first-order chi connectivity index (χ1) is 15.5. The fourth-order valence-corrected chi connectivity index (χ4v) is 4.74. The molecule has 5 rings (SSSR count). The Morgan fingerprint density at radius 2 is 1.88 bits per heavy atom. The molecule has 0 saturated carbocycles. The van der Waals surface area contributed by atoms with Gasteiger partial charge in [-0.3, -0.25) is 14.5 Å². The zero-order chi connectivity index (χ0) is 22.4. The molecule has 0 fully saturated rings. The number of fused-ring (bicyclic) bond motifs is 3. The summed E-state index contributed by atoms with van der Waals surface area (Å²) in [5.41, 5.74) is 2.30. The molecular weight excluding hydrogens is 492 g/mol. The monoisotopic (exact) mass is 510 g/mol. The maximum atomic E-state index is 13.1. The van der Waals surface area contributed by atoms with Gasteiger partial charge in [-0.25, -0.2) is 5.01 Å². The molecule has 0 unspecified atom stereocenters. The average Bonchev–Trinajstić information content (AvgIpc) is 3.27. The van der Waals surface area contributed by atoms with Crippen molar-refractivity contribution in [3.63, 3.8) is 0 Å². The van der Waals surface area contributed by atoms with Crippen LogP contribution in [0.1, 0.15) is 30.5 Å². The van der Waals surface area contributed by atoms with Gasteiger partial charge in [-0.15, -0.1) is 5.10 Å². The summed E-state index contributed by atoms with van der Waals surface area (Å²) in [5.74, 6) is 0.831. The number of carbonyl (C=O) groups is 2. The van der Waals surface area contributed by atoms with Gasteiger partial charge >= 0.3 is 0 Å². The van der Waals surface area contributed by atoms with E-state index < -0.39 is 12.2 Å². The number of nitrogens with zero attached hydrogens (tertiary/aromatic N) is 3. The van der Waals surface area contributed by atoms with Gasteiger partial charge in [0.05, 0.1) is 5.69 Å². The zero-order valence-corrected chi connectivity index (χ0v) is 19.7. The van der Waals surface area contributed by atoms with Gasteiger partial charge < -0.3 is 9.73 Å². The summed E-state index contributed by atoms with van der Waals surface area (Å²) in [5, 5.41) is 9.67. The Balaban J connectivity index is 1.67. The lowest BCUT2D eigenvalue weighted by Gasteiger charge is -2.47. The number of amides is 2. The van der Waals surface area contributed by atoms with E-state index in [0.717, 1.165) is 15.6 Å². The van der Waals surface area contributed by atoms with E-state index in [1.54, 1.807) is 9.91 Å². The van der Waals surface area contributed by atoms with Gasteiger partial charge in [0.25, 0.3) is 5.91 Å². The lowest BCUT2D eigenvalue weighted by molar-refractivity contribution is -0.130. The minimum absolute atomic E-state index is 0.172. The summed E-state index contributed by atoms with van der Waals surface area (Å²) in [7, 11) is 0. The summed E-state index contributed by atoms with van der Waals surface area (Å²) in [4.78, 5) is 27.6. The van der Waals surface area contributed by atoms with Gasteiger partial charge in [0.15, 0.2) is 17.4 Å². The minimum Gasteiger partial charge on any atom is -0.457 e. The summed E-state index contributed by atoms with van der Waals surface area (Å²) in [6.45, 7) is 1.51. The number of halogens is 1. The topological polar surface area (TPSA) is 78.2 Å². The van der Waals surface area contributed by atoms with Crippen LogP contribution in [-0.4, -0.2) is 28.2 Å². The number of hydrazone groups is 1. The molecule has 2 aliphatic rings. The van der Waals surface area contributed by atoms with Gasteiger partial charge in [0.2, 0.25) is 5.91 Å². The number of thioether (sulfide) groups is 1. The van der Waals surface area contributed by atoms with Crippen LogP contribution in [0.25, 0.3) is 11.3 Å². The smallest absolute Gasteiger partial charge is 0.255 e. The molecule has 162 valence electrons. The summed E-state index contributed by atoms with van der Waals surface area (Å²) >= 11 is 4.78. The van der Waals surface area contributed by atoms with Crippen LogP contribution in [-0.2, 0) is 9.59 Å². The van der Waals surface area contributed by atoms with Crippen molar-refractivity contribution >= 4 is 50.4 Å². The van der Waals surface area contributed by atoms with E-state index in [1.807, 2.05) is 66.9 Å². The molecule has 2 aliphatic heterocycles. The molecule has 2 amide bonds. The summed E-state index contributed by atoms with van der Waals surface area (Å²) in [6.07, 6.45) is 1.14.